The number of carbonyl (C=O) groups is 3. The smallest absolute Gasteiger partial charge is 0.325 e. The Morgan fingerprint density at radius 1 is 1.03 bits per heavy atom. The lowest BCUT2D eigenvalue weighted by Gasteiger charge is -2.23. The van der Waals surface area contributed by atoms with Crippen LogP contribution in [0.1, 0.15) is 43.7 Å². The molecule has 4 rings (SSSR count). The van der Waals surface area contributed by atoms with Gasteiger partial charge in [-0.15, -0.1) is 0 Å². The molecule has 170 valence electrons. The molecule has 1 atom stereocenters. The molecule has 0 saturated carbocycles. The van der Waals surface area contributed by atoms with Crippen molar-refractivity contribution in [2.24, 2.45) is 0 Å². The van der Waals surface area contributed by atoms with Crippen LogP contribution in [-0.4, -0.2) is 42.4 Å². The van der Waals surface area contributed by atoms with Gasteiger partial charge in [0, 0.05) is 24.5 Å². The van der Waals surface area contributed by atoms with Crippen LogP contribution in [-0.2, 0) is 15.1 Å². The summed E-state index contributed by atoms with van der Waals surface area (Å²) in [7, 11) is 0. The molecule has 0 aliphatic carbocycles. The highest BCUT2D eigenvalue weighted by molar-refractivity contribution is 6.10. The number of amides is 4. The molecule has 0 radical (unpaired) electrons. The maximum absolute atomic E-state index is 13.0. The molecular formula is C25H27N5O3. The van der Waals surface area contributed by atoms with Gasteiger partial charge in [0.2, 0.25) is 5.91 Å². The number of nitrogens with one attached hydrogen (secondary N) is 2. The van der Waals surface area contributed by atoms with Gasteiger partial charge in [-0.2, -0.15) is 5.26 Å². The van der Waals surface area contributed by atoms with Gasteiger partial charge in [-0.25, -0.2) is 4.79 Å². The van der Waals surface area contributed by atoms with Gasteiger partial charge in [0.25, 0.3) is 5.91 Å². The molecule has 2 N–H and O–H groups in total. The predicted octanol–water partition coefficient (Wildman–Crippen LogP) is 3.34. The van der Waals surface area contributed by atoms with Crippen molar-refractivity contribution in [2.45, 2.75) is 38.1 Å². The second kappa shape index (κ2) is 9.33. The van der Waals surface area contributed by atoms with Crippen LogP contribution in [0.15, 0.2) is 48.5 Å². The Morgan fingerprint density at radius 2 is 1.67 bits per heavy atom. The summed E-state index contributed by atoms with van der Waals surface area (Å²) in [4.78, 5) is 41.4. The maximum Gasteiger partial charge on any atom is 0.325 e. The molecule has 8 heteroatoms. The molecule has 2 aromatic carbocycles. The Kier molecular flexibility index (Phi) is 6.31. The first-order valence-corrected chi connectivity index (χ1v) is 11.2. The van der Waals surface area contributed by atoms with Gasteiger partial charge in [0.05, 0.1) is 11.6 Å². The summed E-state index contributed by atoms with van der Waals surface area (Å²) in [6.45, 7) is 3.28. The molecule has 1 unspecified atom stereocenters. The number of carbonyl (C=O) groups excluding carboxylic acids is 3. The molecule has 4 amide bonds. The molecule has 8 nitrogen and oxygen atoms in total. The first-order chi connectivity index (χ1) is 15.9. The first-order valence-electron chi connectivity index (χ1n) is 11.2. The monoisotopic (exact) mass is 445 g/mol. The lowest BCUT2D eigenvalue weighted by Crippen LogP contribution is -2.42. The summed E-state index contributed by atoms with van der Waals surface area (Å²) in [6, 6.07) is 15.5. The number of rotatable bonds is 5. The van der Waals surface area contributed by atoms with E-state index < -0.39 is 23.4 Å². The molecule has 0 aromatic heterocycles. The van der Waals surface area contributed by atoms with Gasteiger partial charge in [-0.05, 0) is 61.7 Å². The van der Waals surface area contributed by atoms with E-state index in [-0.39, 0.29) is 6.54 Å². The standard InChI is InChI=1S/C25H27N5O3/c1-25(19-8-6-18(16-26)7-9-19)23(32)30(24(33)28-25)17-22(31)27-20-10-12-21(13-11-20)29-14-4-2-3-5-15-29/h6-13H,2-5,14-15,17H2,1H3,(H,27,31)(H,28,33). The summed E-state index contributed by atoms with van der Waals surface area (Å²) in [6.07, 6.45) is 4.90. The summed E-state index contributed by atoms with van der Waals surface area (Å²) >= 11 is 0. The van der Waals surface area contributed by atoms with Crippen LogP contribution in [0.25, 0.3) is 0 Å². The van der Waals surface area contributed by atoms with Crippen molar-refractivity contribution in [1.82, 2.24) is 10.2 Å². The third-order valence-electron chi connectivity index (χ3n) is 6.29. The van der Waals surface area contributed by atoms with Gasteiger partial charge in [0.1, 0.15) is 12.1 Å². The van der Waals surface area contributed by atoms with Gasteiger partial charge in [0.15, 0.2) is 0 Å². The van der Waals surface area contributed by atoms with E-state index in [0.29, 0.717) is 16.8 Å². The van der Waals surface area contributed by atoms with E-state index >= 15 is 0 Å². The molecular weight excluding hydrogens is 418 g/mol. The van der Waals surface area contributed by atoms with Crippen molar-refractivity contribution in [2.75, 3.05) is 29.9 Å². The number of hydrogen-bond donors (Lipinski definition) is 2. The fourth-order valence-corrected chi connectivity index (χ4v) is 4.34. The molecule has 2 aliphatic heterocycles. The van der Waals surface area contributed by atoms with Gasteiger partial charge < -0.3 is 15.5 Å². The van der Waals surface area contributed by atoms with Crippen LogP contribution in [0.5, 0.6) is 0 Å². The fraction of sp³-hybridized carbons (Fsp3) is 0.360. The van der Waals surface area contributed by atoms with Crippen LogP contribution in [0.4, 0.5) is 16.2 Å². The molecule has 2 aliphatic rings. The Balaban J connectivity index is 1.39. The van der Waals surface area contributed by atoms with Gasteiger partial charge in [-0.3, -0.25) is 14.5 Å². The summed E-state index contributed by atoms with van der Waals surface area (Å²) in [5.41, 5.74) is 1.45. The highest BCUT2D eigenvalue weighted by Crippen LogP contribution is 2.29. The van der Waals surface area contributed by atoms with Crippen LogP contribution in [0.2, 0.25) is 0 Å². The van der Waals surface area contributed by atoms with E-state index in [9.17, 15) is 14.4 Å². The number of nitrogens with zero attached hydrogens (tertiary/aromatic N) is 3. The van der Waals surface area contributed by atoms with E-state index in [1.807, 2.05) is 30.3 Å². The predicted molar refractivity (Wildman–Crippen MR) is 125 cm³/mol. The van der Waals surface area contributed by atoms with Crippen molar-refractivity contribution in [3.63, 3.8) is 0 Å². The number of benzene rings is 2. The van der Waals surface area contributed by atoms with E-state index in [2.05, 4.69) is 15.5 Å². The lowest BCUT2D eigenvalue weighted by molar-refractivity contribution is -0.133. The zero-order chi connectivity index (χ0) is 23.4. The Bertz CT molecular complexity index is 1080. The topological polar surface area (TPSA) is 106 Å². The van der Waals surface area contributed by atoms with Crippen LogP contribution in [0, 0.1) is 11.3 Å². The molecule has 2 fully saturated rings. The second-order valence-electron chi connectivity index (χ2n) is 8.63. The number of nitriles is 1. The third-order valence-corrected chi connectivity index (χ3v) is 6.29. The zero-order valence-corrected chi connectivity index (χ0v) is 18.6. The van der Waals surface area contributed by atoms with E-state index in [1.54, 1.807) is 31.2 Å². The summed E-state index contributed by atoms with van der Waals surface area (Å²) in [5, 5.41) is 14.4. The Labute approximate surface area is 193 Å². The SMILES string of the molecule is CC1(c2ccc(C#N)cc2)NC(=O)N(CC(=O)Nc2ccc(N3CCCCCC3)cc2)C1=O. The Morgan fingerprint density at radius 3 is 2.27 bits per heavy atom. The number of urea groups is 1. The minimum absolute atomic E-state index is 0.385. The third kappa shape index (κ3) is 4.67. The molecule has 0 spiro atoms. The minimum Gasteiger partial charge on any atom is -0.372 e. The lowest BCUT2D eigenvalue weighted by atomic mass is 9.91. The molecule has 2 aromatic rings. The largest absolute Gasteiger partial charge is 0.372 e. The van der Waals surface area contributed by atoms with Gasteiger partial charge in [-0.1, -0.05) is 25.0 Å². The van der Waals surface area contributed by atoms with Crippen molar-refractivity contribution in [1.29, 1.82) is 5.26 Å². The zero-order valence-electron chi connectivity index (χ0n) is 18.6. The fourth-order valence-electron chi connectivity index (χ4n) is 4.34. The molecule has 33 heavy (non-hydrogen) atoms. The quantitative estimate of drug-likeness (QED) is 0.687. The van der Waals surface area contributed by atoms with Crippen LogP contribution in [0.3, 0.4) is 0 Å². The number of anilines is 2. The average molecular weight is 446 g/mol. The highest BCUT2D eigenvalue weighted by Gasteiger charge is 2.49. The van der Waals surface area contributed by atoms with E-state index in [1.165, 1.54) is 25.7 Å². The number of imide groups is 1. The van der Waals surface area contributed by atoms with Crippen LogP contribution < -0.4 is 15.5 Å². The normalized spacial score (nSPS) is 20.7. The van der Waals surface area contributed by atoms with E-state index in [0.717, 1.165) is 23.7 Å². The maximum atomic E-state index is 13.0. The molecule has 2 heterocycles. The molecule has 0 bridgehead atoms. The van der Waals surface area contributed by atoms with Crippen molar-refractivity contribution >= 4 is 29.2 Å². The highest BCUT2D eigenvalue weighted by atomic mass is 16.2. The van der Waals surface area contributed by atoms with E-state index in [4.69, 9.17) is 5.26 Å². The average Bonchev–Trinajstić information content (AvgIpc) is 3.02. The van der Waals surface area contributed by atoms with Crippen LogP contribution >= 0.6 is 0 Å². The summed E-state index contributed by atoms with van der Waals surface area (Å²) in [5.74, 6) is -0.964. The van der Waals surface area contributed by atoms with Crippen molar-refractivity contribution < 1.29 is 14.4 Å². The first kappa shape index (κ1) is 22.3. The number of hydrogen-bond acceptors (Lipinski definition) is 5. The minimum atomic E-state index is -1.29. The van der Waals surface area contributed by atoms with Crippen molar-refractivity contribution in [3.05, 3.63) is 59.7 Å². The summed E-state index contributed by atoms with van der Waals surface area (Å²) < 4.78 is 0. The van der Waals surface area contributed by atoms with Crippen molar-refractivity contribution in [3.8, 4) is 6.07 Å². The van der Waals surface area contributed by atoms with Gasteiger partial charge >= 0.3 is 6.03 Å². The second-order valence-corrected chi connectivity index (χ2v) is 8.63. The molecule has 2 saturated heterocycles. The Hall–Kier alpha value is -3.86.